The normalized spacial score (nSPS) is 19.8. The van der Waals surface area contributed by atoms with Crippen molar-refractivity contribution in [3.05, 3.63) is 47.0 Å². The van der Waals surface area contributed by atoms with Crippen LogP contribution in [-0.4, -0.2) is 78.5 Å². The summed E-state index contributed by atoms with van der Waals surface area (Å²) in [5, 5.41) is 31.3. The number of nitrogens with one attached hydrogen (secondary N) is 2. The number of amides is 3. The largest absolute Gasteiger partial charge is 0.508 e. The molecular formula is C21H22N6O7S2. The number of hydrogen-bond acceptors (Lipinski definition) is 11. The van der Waals surface area contributed by atoms with Gasteiger partial charge in [-0.3, -0.25) is 19.3 Å². The lowest BCUT2D eigenvalue weighted by Gasteiger charge is -2.49. The van der Waals surface area contributed by atoms with Gasteiger partial charge >= 0.3 is 17.8 Å². The minimum atomic E-state index is -1.27. The third kappa shape index (κ3) is 5.03. The zero-order chi connectivity index (χ0) is 26.0. The molecule has 2 unspecified atom stereocenters. The van der Waals surface area contributed by atoms with Gasteiger partial charge in [-0.15, -0.1) is 22.0 Å². The number of carbonyl (C=O) groups is 4. The van der Waals surface area contributed by atoms with Crippen molar-refractivity contribution in [1.29, 1.82) is 0 Å². The van der Waals surface area contributed by atoms with E-state index in [-0.39, 0.29) is 34.1 Å². The van der Waals surface area contributed by atoms with E-state index in [0.717, 1.165) is 16.7 Å². The van der Waals surface area contributed by atoms with Gasteiger partial charge in [0.15, 0.2) is 0 Å². The van der Waals surface area contributed by atoms with Crippen LogP contribution in [0.4, 0.5) is 0 Å². The van der Waals surface area contributed by atoms with Gasteiger partial charge < -0.3 is 31.0 Å². The number of phenolic OH excluding ortho intramolecular Hbond substituents is 1. The van der Waals surface area contributed by atoms with Crippen molar-refractivity contribution in [2.24, 2.45) is 5.73 Å². The smallest absolute Gasteiger partial charge is 0.352 e. The number of aliphatic carboxylic acids is 1. The van der Waals surface area contributed by atoms with E-state index in [0.29, 0.717) is 17.7 Å². The van der Waals surface area contributed by atoms with Crippen LogP contribution in [0.25, 0.3) is 0 Å². The van der Waals surface area contributed by atoms with Gasteiger partial charge in [-0.25, -0.2) is 4.79 Å². The third-order valence-corrected chi connectivity index (χ3v) is 7.63. The first kappa shape index (κ1) is 25.5. The molecule has 0 spiro atoms. The molecule has 3 heterocycles. The molecule has 1 fully saturated rings. The van der Waals surface area contributed by atoms with Crippen LogP contribution in [-0.2, 0) is 14.4 Å². The molecule has 0 radical (unpaired) electrons. The molecule has 3 amide bonds. The van der Waals surface area contributed by atoms with Crippen LogP contribution in [0.15, 0.2) is 45.2 Å². The minimum absolute atomic E-state index is 0.0262. The number of carboxylic acids is 1. The number of fused-ring (bicyclic) bond motifs is 1. The zero-order valence-electron chi connectivity index (χ0n) is 18.8. The molecular weight excluding hydrogens is 512 g/mol. The number of aromatic nitrogens is 2. The first-order valence-corrected chi connectivity index (χ1v) is 12.7. The summed E-state index contributed by atoms with van der Waals surface area (Å²) >= 11 is 2.36. The van der Waals surface area contributed by atoms with Gasteiger partial charge in [-0.1, -0.05) is 23.9 Å². The maximum absolute atomic E-state index is 12.8. The highest BCUT2D eigenvalue weighted by atomic mass is 32.2. The summed E-state index contributed by atoms with van der Waals surface area (Å²) in [6, 6.07) is 3.80. The summed E-state index contributed by atoms with van der Waals surface area (Å²) in [6.07, 6.45) is 0. The fraction of sp³-hybridized carbons (Fsp3) is 0.333. The van der Waals surface area contributed by atoms with E-state index >= 15 is 0 Å². The number of carbonyl (C=O) groups excluding carboxylic acids is 3. The molecule has 6 N–H and O–H groups in total. The molecule has 3 atom stereocenters. The Morgan fingerprint density at radius 3 is 2.69 bits per heavy atom. The molecule has 2 aliphatic rings. The Balaban J connectivity index is 1.42. The van der Waals surface area contributed by atoms with Crippen molar-refractivity contribution in [3.8, 4) is 5.75 Å². The molecule has 15 heteroatoms. The van der Waals surface area contributed by atoms with Crippen molar-refractivity contribution in [2.45, 2.75) is 29.6 Å². The van der Waals surface area contributed by atoms with Crippen molar-refractivity contribution >= 4 is 47.2 Å². The second kappa shape index (κ2) is 10.6. The number of thioether (sulfide) groups is 2. The van der Waals surface area contributed by atoms with Gasteiger partial charge in [-0.05, 0) is 30.2 Å². The Hall–Kier alpha value is -3.56. The van der Waals surface area contributed by atoms with Crippen LogP contribution in [0, 0.1) is 0 Å². The van der Waals surface area contributed by atoms with Crippen LogP contribution >= 0.6 is 23.5 Å². The molecule has 1 aromatic heterocycles. The first-order valence-electron chi connectivity index (χ1n) is 10.7. The van der Waals surface area contributed by atoms with Crippen LogP contribution in [0.1, 0.15) is 29.2 Å². The molecule has 190 valence electrons. The molecule has 0 saturated carbocycles. The summed E-state index contributed by atoms with van der Waals surface area (Å²) < 4.78 is 5.29. The third-order valence-electron chi connectivity index (χ3n) is 5.39. The predicted molar refractivity (Wildman–Crippen MR) is 128 cm³/mol. The molecule has 4 rings (SSSR count). The van der Waals surface area contributed by atoms with Gasteiger partial charge in [0, 0.05) is 18.1 Å². The lowest BCUT2D eigenvalue weighted by molar-refractivity contribution is -0.150. The number of nitrogens with two attached hydrogens (primary N) is 1. The number of phenols is 1. The summed E-state index contributed by atoms with van der Waals surface area (Å²) in [5.41, 5.74) is 6.74. The molecule has 0 bridgehead atoms. The Bertz CT molecular complexity index is 1230. The summed E-state index contributed by atoms with van der Waals surface area (Å²) in [6.45, 7) is 2.14. The minimum Gasteiger partial charge on any atom is -0.508 e. The zero-order valence-corrected chi connectivity index (χ0v) is 20.5. The van der Waals surface area contributed by atoms with Crippen LogP contribution in [0.5, 0.6) is 5.75 Å². The maximum Gasteiger partial charge on any atom is 0.352 e. The van der Waals surface area contributed by atoms with Crippen LogP contribution < -0.4 is 16.4 Å². The van der Waals surface area contributed by atoms with E-state index < -0.39 is 41.1 Å². The van der Waals surface area contributed by atoms with E-state index in [1.807, 2.05) is 0 Å². The summed E-state index contributed by atoms with van der Waals surface area (Å²) in [5.74, 6) is -2.69. The molecule has 1 aromatic carbocycles. The SMILES string of the molecule is CCNC(=O)c1nnc(SCC2=C(C(=O)O)N3C(=O)C(NC(=O)C(N)c4ccc(O)cc4)[C@@H]3SC2)o1. The van der Waals surface area contributed by atoms with Gasteiger partial charge in [0.1, 0.15) is 28.9 Å². The van der Waals surface area contributed by atoms with Gasteiger partial charge in [0.25, 0.3) is 11.1 Å². The molecule has 2 aromatic rings. The van der Waals surface area contributed by atoms with Gasteiger partial charge in [0.2, 0.25) is 5.91 Å². The van der Waals surface area contributed by atoms with E-state index in [1.54, 1.807) is 6.92 Å². The Labute approximate surface area is 212 Å². The monoisotopic (exact) mass is 534 g/mol. The number of benzene rings is 1. The quantitative estimate of drug-likeness (QED) is 0.214. The van der Waals surface area contributed by atoms with E-state index in [4.69, 9.17) is 10.2 Å². The summed E-state index contributed by atoms with van der Waals surface area (Å²) in [4.78, 5) is 50.4. The van der Waals surface area contributed by atoms with E-state index in [1.165, 1.54) is 36.0 Å². The molecule has 36 heavy (non-hydrogen) atoms. The fourth-order valence-electron chi connectivity index (χ4n) is 3.62. The predicted octanol–water partition coefficient (Wildman–Crippen LogP) is 0.0556. The second-order valence-corrected chi connectivity index (χ2v) is 9.78. The van der Waals surface area contributed by atoms with Gasteiger partial charge in [-0.2, -0.15) is 0 Å². The lowest BCUT2D eigenvalue weighted by Crippen LogP contribution is -2.71. The highest BCUT2D eigenvalue weighted by molar-refractivity contribution is 8.01. The molecule has 0 aliphatic carbocycles. The highest BCUT2D eigenvalue weighted by Gasteiger charge is 2.54. The number of carboxylic acid groups (broad SMARTS) is 1. The van der Waals surface area contributed by atoms with Crippen molar-refractivity contribution in [1.82, 2.24) is 25.7 Å². The average Bonchev–Trinajstić information content (AvgIpc) is 3.34. The number of aromatic hydroxyl groups is 1. The fourth-order valence-corrected chi connectivity index (χ4v) is 5.86. The number of hydrogen-bond donors (Lipinski definition) is 5. The van der Waals surface area contributed by atoms with E-state index in [2.05, 4.69) is 20.8 Å². The van der Waals surface area contributed by atoms with Crippen molar-refractivity contribution in [2.75, 3.05) is 18.1 Å². The first-order chi connectivity index (χ1) is 17.2. The number of rotatable bonds is 9. The average molecular weight is 535 g/mol. The topological polar surface area (TPSA) is 201 Å². The molecule has 2 aliphatic heterocycles. The second-order valence-electron chi connectivity index (χ2n) is 7.74. The van der Waals surface area contributed by atoms with Crippen LogP contribution in [0.2, 0.25) is 0 Å². The Kier molecular flexibility index (Phi) is 7.51. The van der Waals surface area contributed by atoms with Crippen molar-refractivity contribution in [3.63, 3.8) is 0 Å². The Morgan fingerprint density at radius 2 is 2.03 bits per heavy atom. The number of nitrogens with zero attached hydrogens (tertiary/aromatic N) is 3. The Morgan fingerprint density at radius 1 is 1.31 bits per heavy atom. The summed E-state index contributed by atoms with van der Waals surface area (Å²) in [7, 11) is 0. The lowest BCUT2D eigenvalue weighted by atomic mass is 10.0. The van der Waals surface area contributed by atoms with Crippen LogP contribution in [0.3, 0.4) is 0 Å². The van der Waals surface area contributed by atoms with Crippen molar-refractivity contribution < 1.29 is 33.8 Å². The molecule has 1 saturated heterocycles. The highest BCUT2D eigenvalue weighted by Crippen LogP contribution is 2.41. The van der Waals surface area contributed by atoms with E-state index in [9.17, 15) is 29.4 Å². The maximum atomic E-state index is 12.8. The number of β-lactam (4-membered cyclic amide) rings is 1. The standard InChI is InChI=1S/C21H22N6O7S2/c1-2-23-16(30)17-25-26-21(34-17)36-8-10-7-35-19-13(18(31)27(19)14(10)20(32)33)24-15(29)12(22)9-3-5-11(28)6-4-9/h3-6,12-13,19,28H,2,7-8,22H2,1H3,(H,23,30)(H,24,29)(H,32,33)/t12?,13?,19-/m0/s1. The molecule has 13 nitrogen and oxygen atoms in total. The van der Waals surface area contributed by atoms with Gasteiger partial charge in [0.05, 0.1) is 0 Å².